The van der Waals surface area contributed by atoms with Crippen LogP contribution in [0.4, 0.5) is 5.69 Å². The molecule has 1 saturated heterocycles. The molecule has 0 aromatic heterocycles. The van der Waals surface area contributed by atoms with Crippen LogP contribution in [0.5, 0.6) is 5.75 Å². The lowest BCUT2D eigenvalue weighted by molar-refractivity contribution is -0.131. The zero-order valence-corrected chi connectivity index (χ0v) is 17.5. The number of piperidine rings is 1. The van der Waals surface area contributed by atoms with Gasteiger partial charge in [-0.15, -0.1) is 0 Å². The second-order valence-electron chi connectivity index (χ2n) is 6.97. The zero-order valence-electron chi connectivity index (χ0n) is 16.7. The van der Waals surface area contributed by atoms with Gasteiger partial charge in [0.2, 0.25) is 15.9 Å². The summed E-state index contributed by atoms with van der Waals surface area (Å²) < 4.78 is 31.8. The second-order valence-corrected chi connectivity index (χ2v) is 8.91. The lowest BCUT2D eigenvalue weighted by Gasteiger charge is -2.25. The summed E-state index contributed by atoms with van der Waals surface area (Å²) in [4.78, 5) is 23.3. The van der Waals surface area contributed by atoms with E-state index in [-0.39, 0.29) is 10.8 Å². The van der Waals surface area contributed by atoms with Crippen molar-refractivity contribution < 1.29 is 22.7 Å². The number of sulfonamides is 1. The van der Waals surface area contributed by atoms with Crippen molar-refractivity contribution in [3.8, 4) is 5.75 Å². The third-order valence-corrected chi connectivity index (χ3v) is 6.56. The Balaban J connectivity index is 1.59. The van der Waals surface area contributed by atoms with Crippen molar-refractivity contribution in [2.45, 2.75) is 31.1 Å². The molecule has 0 unspecified atom stereocenters. The normalized spacial score (nSPS) is 15.1. The molecule has 3 rings (SSSR count). The molecular formula is C22H24N2O5S. The Kier molecular flexibility index (Phi) is 7.02. The molecule has 1 heterocycles. The molecule has 0 aliphatic carbocycles. The molecule has 8 heteroatoms. The van der Waals surface area contributed by atoms with Crippen molar-refractivity contribution >= 4 is 33.7 Å². The molecule has 158 valence electrons. The van der Waals surface area contributed by atoms with Gasteiger partial charge in [0.1, 0.15) is 5.75 Å². The number of nitrogens with one attached hydrogen (secondary N) is 1. The van der Waals surface area contributed by atoms with Gasteiger partial charge in [0, 0.05) is 31.8 Å². The molecule has 30 heavy (non-hydrogen) atoms. The number of esters is 1. The fourth-order valence-electron chi connectivity index (χ4n) is 3.13. The minimum absolute atomic E-state index is 0.228. The van der Waals surface area contributed by atoms with Crippen LogP contribution in [-0.4, -0.2) is 37.7 Å². The van der Waals surface area contributed by atoms with Gasteiger partial charge in [0.05, 0.1) is 4.90 Å². The first-order chi connectivity index (χ1) is 14.3. The molecule has 0 atom stereocenters. The molecule has 1 amide bonds. The van der Waals surface area contributed by atoms with E-state index in [0.29, 0.717) is 24.5 Å². The Morgan fingerprint density at radius 3 is 2.20 bits per heavy atom. The van der Waals surface area contributed by atoms with Crippen LogP contribution in [0.15, 0.2) is 59.5 Å². The molecule has 0 bridgehead atoms. The largest absolute Gasteiger partial charge is 0.427 e. The number of ether oxygens (including phenoxy) is 1. The van der Waals surface area contributed by atoms with Crippen molar-refractivity contribution in [1.29, 1.82) is 0 Å². The van der Waals surface area contributed by atoms with Gasteiger partial charge in [-0.1, -0.05) is 18.6 Å². The number of hydrogen-bond acceptors (Lipinski definition) is 5. The van der Waals surface area contributed by atoms with Crippen molar-refractivity contribution in [2.75, 3.05) is 18.4 Å². The van der Waals surface area contributed by atoms with Crippen molar-refractivity contribution in [1.82, 2.24) is 4.31 Å². The fraction of sp³-hybridized carbons (Fsp3) is 0.273. The second kappa shape index (κ2) is 9.69. The van der Waals surface area contributed by atoms with Crippen molar-refractivity contribution in [3.63, 3.8) is 0 Å². The van der Waals surface area contributed by atoms with Gasteiger partial charge in [-0.2, -0.15) is 4.31 Å². The molecule has 2 aromatic rings. The molecule has 0 radical (unpaired) electrons. The summed E-state index contributed by atoms with van der Waals surface area (Å²) in [5.74, 6) is -0.304. The topological polar surface area (TPSA) is 92.8 Å². The number of carbonyl (C=O) groups excluding carboxylic acids is 2. The zero-order chi connectivity index (χ0) is 21.6. The molecule has 1 fully saturated rings. The number of nitrogens with zero attached hydrogens (tertiary/aromatic N) is 1. The first-order valence-electron chi connectivity index (χ1n) is 9.72. The summed E-state index contributed by atoms with van der Waals surface area (Å²) in [6.07, 6.45) is 5.82. The van der Waals surface area contributed by atoms with Crippen LogP contribution in [0, 0.1) is 0 Å². The van der Waals surface area contributed by atoms with Crippen LogP contribution < -0.4 is 10.1 Å². The maximum Gasteiger partial charge on any atom is 0.308 e. The predicted molar refractivity (Wildman–Crippen MR) is 114 cm³/mol. The van der Waals surface area contributed by atoms with E-state index in [0.717, 1.165) is 24.8 Å². The van der Waals surface area contributed by atoms with E-state index in [1.165, 1.54) is 29.4 Å². The van der Waals surface area contributed by atoms with Gasteiger partial charge >= 0.3 is 5.97 Å². The highest BCUT2D eigenvalue weighted by Gasteiger charge is 2.25. The van der Waals surface area contributed by atoms with Crippen LogP contribution in [0.1, 0.15) is 31.7 Å². The summed E-state index contributed by atoms with van der Waals surface area (Å²) in [5, 5.41) is 2.70. The predicted octanol–water partition coefficient (Wildman–Crippen LogP) is 3.44. The summed E-state index contributed by atoms with van der Waals surface area (Å²) in [6, 6.07) is 12.9. The first kappa shape index (κ1) is 21.7. The van der Waals surface area contributed by atoms with E-state index in [4.69, 9.17) is 4.74 Å². The Labute approximate surface area is 176 Å². The SMILES string of the molecule is CC(=O)Oc1ccc(/C=C/C(=O)Nc2ccc(S(=O)(=O)N3CCCCC3)cc2)cc1. The molecule has 0 saturated carbocycles. The number of amides is 1. The smallest absolute Gasteiger partial charge is 0.308 e. The Bertz CT molecular complexity index is 1020. The van der Waals surface area contributed by atoms with Crippen LogP contribution in [-0.2, 0) is 19.6 Å². The van der Waals surface area contributed by atoms with E-state index >= 15 is 0 Å². The fourth-order valence-corrected chi connectivity index (χ4v) is 4.65. The highest BCUT2D eigenvalue weighted by atomic mass is 32.2. The van der Waals surface area contributed by atoms with Crippen molar-refractivity contribution in [2.24, 2.45) is 0 Å². The van der Waals surface area contributed by atoms with E-state index in [2.05, 4.69) is 5.32 Å². The van der Waals surface area contributed by atoms with Gasteiger partial charge in [-0.3, -0.25) is 9.59 Å². The third-order valence-electron chi connectivity index (χ3n) is 4.64. The lowest BCUT2D eigenvalue weighted by Crippen LogP contribution is -2.35. The van der Waals surface area contributed by atoms with E-state index in [1.54, 1.807) is 42.5 Å². The number of rotatable bonds is 6. The van der Waals surface area contributed by atoms with Gasteiger partial charge in [0.15, 0.2) is 0 Å². The number of anilines is 1. The molecule has 1 aliphatic rings. The highest BCUT2D eigenvalue weighted by molar-refractivity contribution is 7.89. The minimum atomic E-state index is -3.49. The number of carbonyl (C=O) groups is 2. The van der Waals surface area contributed by atoms with E-state index in [9.17, 15) is 18.0 Å². The number of benzene rings is 2. The molecule has 0 spiro atoms. The number of hydrogen-bond donors (Lipinski definition) is 1. The van der Waals surface area contributed by atoms with Gasteiger partial charge in [-0.05, 0) is 60.9 Å². The van der Waals surface area contributed by atoms with Gasteiger partial charge in [0.25, 0.3) is 0 Å². The molecule has 2 aromatic carbocycles. The van der Waals surface area contributed by atoms with E-state index in [1.807, 2.05) is 0 Å². The van der Waals surface area contributed by atoms with E-state index < -0.39 is 16.0 Å². The van der Waals surface area contributed by atoms with Crippen molar-refractivity contribution in [3.05, 3.63) is 60.2 Å². The van der Waals surface area contributed by atoms with Crippen LogP contribution in [0.3, 0.4) is 0 Å². The quantitative estimate of drug-likeness (QED) is 0.432. The average Bonchev–Trinajstić information content (AvgIpc) is 2.74. The van der Waals surface area contributed by atoms with Crippen LogP contribution >= 0.6 is 0 Å². The third kappa shape index (κ3) is 5.77. The summed E-state index contributed by atoms with van der Waals surface area (Å²) >= 11 is 0. The molecular weight excluding hydrogens is 404 g/mol. The summed E-state index contributed by atoms with van der Waals surface area (Å²) in [7, 11) is -3.49. The van der Waals surface area contributed by atoms with Crippen LogP contribution in [0.25, 0.3) is 6.08 Å². The molecule has 7 nitrogen and oxygen atoms in total. The summed E-state index contributed by atoms with van der Waals surface area (Å²) in [5.41, 5.74) is 1.27. The molecule has 1 N–H and O–H groups in total. The van der Waals surface area contributed by atoms with Crippen LogP contribution in [0.2, 0.25) is 0 Å². The van der Waals surface area contributed by atoms with Gasteiger partial charge < -0.3 is 10.1 Å². The van der Waals surface area contributed by atoms with Gasteiger partial charge in [-0.25, -0.2) is 8.42 Å². The maximum absolute atomic E-state index is 12.7. The molecule has 1 aliphatic heterocycles. The first-order valence-corrected chi connectivity index (χ1v) is 11.2. The monoisotopic (exact) mass is 428 g/mol. The highest BCUT2D eigenvalue weighted by Crippen LogP contribution is 2.22. The Morgan fingerprint density at radius 2 is 1.60 bits per heavy atom. The summed E-state index contributed by atoms with van der Waals surface area (Å²) in [6.45, 7) is 2.43. The Morgan fingerprint density at radius 1 is 0.967 bits per heavy atom. The minimum Gasteiger partial charge on any atom is -0.427 e. The Hall–Kier alpha value is -2.97. The standard InChI is InChI=1S/C22H24N2O5S/c1-17(25)29-20-10-5-18(6-11-20)7-14-22(26)23-19-8-12-21(13-9-19)30(27,28)24-15-3-2-4-16-24/h5-14H,2-4,15-16H2,1H3,(H,23,26)/b14-7+. The average molecular weight is 429 g/mol. The maximum atomic E-state index is 12.7. The lowest BCUT2D eigenvalue weighted by atomic mass is 10.2.